The number of rotatable bonds is 4. The number of carboxylic acid groups (broad SMARTS) is 1. The van der Waals surface area contributed by atoms with E-state index in [-0.39, 0.29) is 16.9 Å². The number of carboxylic acids is 1. The molecule has 0 radical (unpaired) electrons. The maximum absolute atomic E-state index is 11.5. The Bertz CT molecular complexity index is 518. The average Bonchev–Trinajstić information content (AvgIpc) is 2.29. The van der Waals surface area contributed by atoms with Crippen molar-refractivity contribution < 1.29 is 19.4 Å². The predicted molar refractivity (Wildman–Crippen MR) is 58.8 cm³/mol. The number of aliphatic carboxylic acids is 1. The van der Waals surface area contributed by atoms with Crippen molar-refractivity contribution in [3.63, 3.8) is 0 Å². The fraction of sp³-hybridized carbons (Fsp3) is 0.300. The first-order valence-electron chi connectivity index (χ1n) is 4.62. The Labute approximate surface area is 96.7 Å². The van der Waals surface area contributed by atoms with Gasteiger partial charge in [-0.2, -0.15) is 5.10 Å². The molecule has 0 aliphatic rings. The first-order chi connectivity index (χ1) is 8.02. The molecule has 0 bridgehead atoms. The second-order valence-corrected chi connectivity index (χ2v) is 3.12. The van der Waals surface area contributed by atoms with Crippen molar-refractivity contribution in [1.82, 2.24) is 10.2 Å². The summed E-state index contributed by atoms with van der Waals surface area (Å²) < 4.78 is 9.57. The van der Waals surface area contributed by atoms with Crippen LogP contribution < -0.4 is 10.3 Å². The van der Waals surface area contributed by atoms with E-state index in [1.165, 1.54) is 14.2 Å². The summed E-state index contributed by atoms with van der Waals surface area (Å²) in [5.74, 6) is -1.34. The highest BCUT2D eigenvalue weighted by Crippen LogP contribution is 2.24. The lowest BCUT2D eigenvalue weighted by atomic mass is 10.1. The van der Waals surface area contributed by atoms with Crippen LogP contribution in [0.3, 0.4) is 0 Å². The molecule has 0 amide bonds. The maximum Gasteiger partial charge on any atom is 0.339 e. The summed E-state index contributed by atoms with van der Waals surface area (Å²) in [5, 5.41) is 14.9. The molecule has 2 N–H and O–H groups in total. The molecule has 1 aromatic rings. The number of methoxy groups -OCH3 is 2. The van der Waals surface area contributed by atoms with E-state index in [0.717, 1.165) is 6.26 Å². The molecule has 0 aromatic carbocycles. The van der Waals surface area contributed by atoms with Crippen LogP contribution in [0.2, 0.25) is 0 Å². The SMILES string of the molecule is CO/C=C(/C(=O)O)c1c(C)n[nH]c(=O)c1OC. The molecule has 0 aliphatic carbocycles. The quantitative estimate of drug-likeness (QED) is 0.574. The molecular weight excluding hydrogens is 228 g/mol. The summed E-state index contributed by atoms with van der Waals surface area (Å²) in [7, 11) is 2.59. The van der Waals surface area contributed by atoms with Crippen molar-refractivity contribution in [3.8, 4) is 5.75 Å². The number of nitrogens with one attached hydrogen (secondary N) is 1. The van der Waals surface area contributed by atoms with Gasteiger partial charge in [-0.25, -0.2) is 9.89 Å². The highest BCUT2D eigenvalue weighted by molar-refractivity contribution is 6.16. The highest BCUT2D eigenvalue weighted by atomic mass is 16.5. The van der Waals surface area contributed by atoms with Crippen molar-refractivity contribution in [2.24, 2.45) is 0 Å². The second-order valence-electron chi connectivity index (χ2n) is 3.12. The molecule has 1 heterocycles. The molecule has 0 spiro atoms. The molecule has 0 atom stereocenters. The number of ether oxygens (including phenoxy) is 2. The molecule has 0 saturated heterocycles. The van der Waals surface area contributed by atoms with E-state index in [9.17, 15) is 9.59 Å². The molecule has 7 heteroatoms. The van der Waals surface area contributed by atoms with E-state index in [0.29, 0.717) is 5.69 Å². The van der Waals surface area contributed by atoms with E-state index in [2.05, 4.69) is 14.9 Å². The van der Waals surface area contributed by atoms with E-state index in [1.807, 2.05) is 0 Å². The molecule has 7 nitrogen and oxygen atoms in total. The minimum atomic E-state index is -1.24. The zero-order valence-corrected chi connectivity index (χ0v) is 9.60. The first kappa shape index (κ1) is 12.8. The highest BCUT2D eigenvalue weighted by Gasteiger charge is 2.21. The lowest BCUT2D eigenvalue weighted by molar-refractivity contribution is -0.130. The predicted octanol–water partition coefficient (Wildman–Crippen LogP) is 0.159. The zero-order valence-electron chi connectivity index (χ0n) is 9.60. The van der Waals surface area contributed by atoms with Crippen LogP contribution in [-0.4, -0.2) is 35.5 Å². The summed E-state index contributed by atoms with van der Waals surface area (Å²) in [5.41, 5.74) is -0.366. The van der Waals surface area contributed by atoms with Gasteiger partial charge < -0.3 is 14.6 Å². The summed E-state index contributed by atoms with van der Waals surface area (Å²) in [6.07, 6.45) is 1.02. The lowest BCUT2D eigenvalue weighted by Crippen LogP contribution is -2.17. The summed E-state index contributed by atoms with van der Waals surface area (Å²) in [6.45, 7) is 1.56. The molecular formula is C10H12N2O5. The van der Waals surface area contributed by atoms with Crippen LogP contribution in [0.4, 0.5) is 0 Å². The van der Waals surface area contributed by atoms with Crippen molar-refractivity contribution in [3.05, 3.63) is 27.9 Å². The summed E-state index contributed by atoms with van der Waals surface area (Å²) in [6, 6.07) is 0. The van der Waals surface area contributed by atoms with Gasteiger partial charge in [-0.05, 0) is 6.92 Å². The molecule has 0 saturated carbocycles. The maximum atomic E-state index is 11.5. The normalized spacial score (nSPS) is 11.1. The number of aryl methyl sites for hydroxylation is 1. The number of hydrogen-bond acceptors (Lipinski definition) is 5. The van der Waals surface area contributed by atoms with Gasteiger partial charge in [0.2, 0.25) is 0 Å². The largest absolute Gasteiger partial charge is 0.503 e. The molecule has 17 heavy (non-hydrogen) atoms. The molecule has 0 aliphatic heterocycles. The van der Waals surface area contributed by atoms with Gasteiger partial charge in [0.05, 0.1) is 31.7 Å². The van der Waals surface area contributed by atoms with E-state index < -0.39 is 11.5 Å². The van der Waals surface area contributed by atoms with Gasteiger partial charge in [0, 0.05) is 0 Å². The number of carbonyl (C=O) groups is 1. The van der Waals surface area contributed by atoms with Crippen molar-refractivity contribution >= 4 is 11.5 Å². The minimum absolute atomic E-state index is 0.102. The van der Waals surface area contributed by atoms with Crippen LogP contribution in [0.15, 0.2) is 11.1 Å². The van der Waals surface area contributed by atoms with E-state index >= 15 is 0 Å². The third-order valence-electron chi connectivity index (χ3n) is 2.06. The Morgan fingerprint density at radius 2 is 2.12 bits per heavy atom. The molecule has 92 valence electrons. The van der Waals surface area contributed by atoms with Gasteiger partial charge in [-0.1, -0.05) is 0 Å². The van der Waals surface area contributed by atoms with Crippen LogP contribution in [0.1, 0.15) is 11.3 Å². The van der Waals surface area contributed by atoms with Gasteiger partial charge in [0.1, 0.15) is 5.57 Å². The van der Waals surface area contributed by atoms with Crippen molar-refractivity contribution in [2.45, 2.75) is 6.92 Å². The van der Waals surface area contributed by atoms with Crippen LogP contribution in [0, 0.1) is 6.92 Å². The van der Waals surface area contributed by atoms with Crippen molar-refractivity contribution in [1.29, 1.82) is 0 Å². The third kappa shape index (κ3) is 2.44. The average molecular weight is 240 g/mol. The fourth-order valence-electron chi connectivity index (χ4n) is 1.37. The second kappa shape index (κ2) is 5.15. The van der Waals surface area contributed by atoms with Gasteiger partial charge in [-0.3, -0.25) is 4.79 Å². The summed E-state index contributed by atoms with van der Waals surface area (Å²) >= 11 is 0. The molecule has 0 fully saturated rings. The monoisotopic (exact) mass is 240 g/mol. The third-order valence-corrected chi connectivity index (χ3v) is 2.06. The molecule has 1 rings (SSSR count). The van der Waals surface area contributed by atoms with Crippen LogP contribution >= 0.6 is 0 Å². The summed E-state index contributed by atoms with van der Waals surface area (Å²) in [4.78, 5) is 22.5. The Morgan fingerprint density at radius 1 is 1.47 bits per heavy atom. The smallest absolute Gasteiger partial charge is 0.339 e. The van der Waals surface area contributed by atoms with Gasteiger partial charge >= 0.3 is 11.5 Å². The van der Waals surface area contributed by atoms with Crippen LogP contribution in [0.25, 0.3) is 5.57 Å². The molecule has 0 unspecified atom stereocenters. The van der Waals surface area contributed by atoms with Crippen molar-refractivity contribution in [2.75, 3.05) is 14.2 Å². The van der Waals surface area contributed by atoms with Gasteiger partial charge in [-0.15, -0.1) is 0 Å². The van der Waals surface area contributed by atoms with E-state index in [1.54, 1.807) is 6.92 Å². The van der Waals surface area contributed by atoms with Gasteiger partial charge in [0.25, 0.3) is 0 Å². The minimum Gasteiger partial charge on any atom is -0.503 e. The van der Waals surface area contributed by atoms with Crippen LogP contribution in [-0.2, 0) is 9.53 Å². The zero-order chi connectivity index (χ0) is 13.0. The Morgan fingerprint density at radius 3 is 2.59 bits per heavy atom. The number of H-pyrrole nitrogens is 1. The van der Waals surface area contributed by atoms with Crippen LogP contribution in [0.5, 0.6) is 5.75 Å². The Kier molecular flexibility index (Phi) is 3.86. The topological polar surface area (TPSA) is 102 Å². The van der Waals surface area contributed by atoms with E-state index in [4.69, 9.17) is 9.84 Å². The first-order valence-corrected chi connectivity index (χ1v) is 4.62. The Hall–Kier alpha value is -2.31. The van der Waals surface area contributed by atoms with Gasteiger partial charge in [0.15, 0.2) is 5.75 Å². The number of hydrogen-bond donors (Lipinski definition) is 2. The fourth-order valence-corrected chi connectivity index (χ4v) is 1.37. The number of aromatic nitrogens is 2. The molecule has 1 aromatic heterocycles. The standard InChI is InChI=1S/C10H12N2O5/c1-5-7(6(4-16-2)10(14)15)8(17-3)9(13)12-11-5/h4H,1-3H3,(H,12,13)(H,14,15)/b6-4+. The Balaban J connectivity index is 3.58. The lowest BCUT2D eigenvalue weighted by Gasteiger charge is -2.09. The number of nitrogens with zero attached hydrogens (tertiary/aromatic N) is 1. The number of aromatic amines is 1.